The van der Waals surface area contributed by atoms with Crippen molar-refractivity contribution in [2.24, 2.45) is 5.92 Å². The number of rotatable bonds is 3. The Hall–Kier alpha value is -1.62. The van der Waals surface area contributed by atoms with Crippen LogP contribution in [0.4, 0.5) is 0 Å². The van der Waals surface area contributed by atoms with Crippen LogP contribution in [0.15, 0.2) is 24.5 Å². The maximum absolute atomic E-state index is 12.4. The summed E-state index contributed by atoms with van der Waals surface area (Å²) in [6.45, 7) is 2.98. The van der Waals surface area contributed by atoms with Gasteiger partial charge < -0.3 is 9.88 Å². The van der Waals surface area contributed by atoms with Crippen molar-refractivity contribution in [3.8, 4) is 0 Å². The number of carbonyl (C=O) groups excluding carboxylic acids is 1. The molecule has 1 saturated carbocycles. The van der Waals surface area contributed by atoms with Crippen molar-refractivity contribution in [3.05, 3.63) is 40.1 Å². The molecule has 4 rings (SSSR count). The molecule has 2 aromatic heterocycles. The molecule has 0 aromatic carbocycles. The van der Waals surface area contributed by atoms with Crippen molar-refractivity contribution < 1.29 is 4.79 Å². The van der Waals surface area contributed by atoms with Crippen LogP contribution in [0.25, 0.3) is 0 Å². The van der Waals surface area contributed by atoms with Gasteiger partial charge in [-0.2, -0.15) is 0 Å². The fourth-order valence-corrected chi connectivity index (χ4v) is 4.30. The predicted octanol–water partition coefficient (Wildman–Crippen LogP) is 2.49. The Kier molecular flexibility index (Phi) is 3.10. The van der Waals surface area contributed by atoms with E-state index in [1.807, 2.05) is 23.7 Å². The number of amides is 1. The fraction of sp³-hybridized carbons (Fsp3) is 0.500. The molecule has 110 valence electrons. The van der Waals surface area contributed by atoms with E-state index in [1.165, 1.54) is 9.75 Å². The number of hydrogen-bond donors (Lipinski definition) is 1. The number of aryl methyl sites for hydroxylation is 2. The molecule has 0 spiro atoms. The van der Waals surface area contributed by atoms with Gasteiger partial charge in [-0.05, 0) is 31.9 Å². The van der Waals surface area contributed by atoms with E-state index in [9.17, 15) is 4.79 Å². The number of thiophene rings is 1. The Labute approximate surface area is 128 Å². The Morgan fingerprint density at radius 2 is 2.38 bits per heavy atom. The number of aromatic nitrogens is 2. The first kappa shape index (κ1) is 13.1. The van der Waals surface area contributed by atoms with Gasteiger partial charge in [0.25, 0.3) is 0 Å². The summed E-state index contributed by atoms with van der Waals surface area (Å²) in [6.07, 6.45) is 6.81. The van der Waals surface area contributed by atoms with Crippen molar-refractivity contribution in [1.82, 2.24) is 14.9 Å². The summed E-state index contributed by atoms with van der Waals surface area (Å²) in [6, 6.07) is 4.58. The average Bonchev–Trinajstić information content (AvgIpc) is 2.93. The maximum atomic E-state index is 12.4. The lowest BCUT2D eigenvalue weighted by atomic mass is 10.1. The quantitative estimate of drug-likeness (QED) is 0.947. The summed E-state index contributed by atoms with van der Waals surface area (Å²) in [7, 11) is 0. The smallest absolute Gasteiger partial charge is 0.224 e. The largest absolute Gasteiger partial charge is 0.351 e. The summed E-state index contributed by atoms with van der Waals surface area (Å²) < 4.78 is 2.15. The van der Waals surface area contributed by atoms with Crippen molar-refractivity contribution in [2.75, 3.05) is 0 Å². The van der Waals surface area contributed by atoms with Gasteiger partial charge >= 0.3 is 0 Å². The SMILES string of the molecule is Cc1ccc([C@@H]2C[C@H]2C(=O)N[C@@H]2CCc3nccn3C2)s1. The Balaban J connectivity index is 1.35. The van der Waals surface area contributed by atoms with Gasteiger partial charge in [-0.15, -0.1) is 11.3 Å². The first-order chi connectivity index (χ1) is 10.2. The van der Waals surface area contributed by atoms with Crippen LogP contribution in [0, 0.1) is 12.8 Å². The molecule has 3 heterocycles. The zero-order valence-electron chi connectivity index (χ0n) is 12.1. The normalized spacial score (nSPS) is 27.2. The standard InChI is InChI=1S/C16H19N3OS/c1-10-2-4-14(21-10)12-8-13(12)16(20)18-11-3-5-15-17-6-7-19(15)9-11/h2,4,6-7,11-13H,3,5,8-9H2,1H3,(H,18,20)/t11-,12-,13-/m1/s1. The van der Waals surface area contributed by atoms with Crippen molar-refractivity contribution in [3.63, 3.8) is 0 Å². The second-order valence-electron chi connectivity index (χ2n) is 6.14. The minimum absolute atomic E-state index is 0.187. The minimum atomic E-state index is 0.187. The number of nitrogens with one attached hydrogen (secondary N) is 1. The highest BCUT2D eigenvalue weighted by molar-refractivity contribution is 7.12. The second kappa shape index (κ2) is 4.98. The van der Waals surface area contributed by atoms with Gasteiger partial charge in [0.2, 0.25) is 5.91 Å². The summed E-state index contributed by atoms with van der Waals surface area (Å²) in [5.41, 5.74) is 0. The summed E-state index contributed by atoms with van der Waals surface area (Å²) in [5.74, 6) is 2.02. The van der Waals surface area contributed by atoms with E-state index in [4.69, 9.17) is 0 Å². The van der Waals surface area contributed by atoms with Crippen LogP contribution in [0.2, 0.25) is 0 Å². The maximum Gasteiger partial charge on any atom is 0.224 e. The third-order valence-corrected chi connectivity index (χ3v) is 5.67. The molecule has 0 unspecified atom stereocenters. The summed E-state index contributed by atoms with van der Waals surface area (Å²) in [5, 5.41) is 3.24. The molecule has 0 bridgehead atoms. The minimum Gasteiger partial charge on any atom is -0.351 e. The molecule has 0 radical (unpaired) electrons. The van der Waals surface area contributed by atoms with Crippen molar-refractivity contribution in [2.45, 2.75) is 44.7 Å². The van der Waals surface area contributed by atoms with Gasteiger partial charge in [0.15, 0.2) is 0 Å². The zero-order chi connectivity index (χ0) is 14.4. The molecule has 1 aliphatic carbocycles. The first-order valence-corrected chi connectivity index (χ1v) is 8.39. The molecule has 1 N–H and O–H groups in total. The van der Waals surface area contributed by atoms with Crippen LogP contribution in [0.5, 0.6) is 0 Å². The number of hydrogen-bond acceptors (Lipinski definition) is 3. The monoisotopic (exact) mass is 301 g/mol. The van der Waals surface area contributed by atoms with Crippen LogP contribution >= 0.6 is 11.3 Å². The van der Waals surface area contributed by atoms with Crippen LogP contribution in [0.3, 0.4) is 0 Å². The molecule has 2 aromatic rings. The molecule has 21 heavy (non-hydrogen) atoms. The molecule has 4 nitrogen and oxygen atoms in total. The lowest BCUT2D eigenvalue weighted by Gasteiger charge is -2.24. The van der Waals surface area contributed by atoms with Gasteiger partial charge in [-0.3, -0.25) is 4.79 Å². The second-order valence-corrected chi connectivity index (χ2v) is 7.46. The number of carbonyl (C=O) groups is 1. The summed E-state index contributed by atoms with van der Waals surface area (Å²) in [4.78, 5) is 19.4. The van der Waals surface area contributed by atoms with E-state index in [2.05, 4.69) is 33.9 Å². The van der Waals surface area contributed by atoms with Crippen molar-refractivity contribution >= 4 is 17.2 Å². The van der Waals surface area contributed by atoms with E-state index in [0.717, 1.165) is 31.6 Å². The van der Waals surface area contributed by atoms with Crippen molar-refractivity contribution in [1.29, 1.82) is 0 Å². The van der Waals surface area contributed by atoms with E-state index < -0.39 is 0 Å². The lowest BCUT2D eigenvalue weighted by Crippen LogP contribution is -2.41. The molecular formula is C16H19N3OS. The zero-order valence-corrected chi connectivity index (χ0v) is 12.9. The highest BCUT2D eigenvalue weighted by Gasteiger charge is 2.45. The van der Waals surface area contributed by atoms with Gasteiger partial charge in [-0.1, -0.05) is 0 Å². The Morgan fingerprint density at radius 3 is 3.19 bits per heavy atom. The lowest BCUT2D eigenvalue weighted by molar-refractivity contribution is -0.123. The third kappa shape index (κ3) is 2.50. The van der Waals surface area contributed by atoms with Crippen LogP contribution < -0.4 is 5.32 Å². The van der Waals surface area contributed by atoms with E-state index in [-0.39, 0.29) is 17.9 Å². The molecular weight excluding hydrogens is 282 g/mol. The first-order valence-electron chi connectivity index (χ1n) is 7.57. The molecule has 0 saturated heterocycles. The molecule has 1 fully saturated rings. The van der Waals surface area contributed by atoms with Gasteiger partial charge in [-0.25, -0.2) is 4.98 Å². The molecule has 3 atom stereocenters. The summed E-state index contributed by atoms with van der Waals surface area (Å²) >= 11 is 1.83. The highest BCUT2D eigenvalue weighted by Crippen LogP contribution is 2.49. The number of imidazole rings is 1. The van der Waals surface area contributed by atoms with E-state index in [1.54, 1.807) is 0 Å². The molecule has 5 heteroatoms. The van der Waals surface area contributed by atoms with Gasteiger partial charge in [0.1, 0.15) is 5.82 Å². The van der Waals surface area contributed by atoms with E-state index >= 15 is 0 Å². The average molecular weight is 301 g/mol. The number of fused-ring (bicyclic) bond motifs is 1. The van der Waals surface area contributed by atoms with Gasteiger partial charge in [0, 0.05) is 53.0 Å². The Bertz CT molecular complexity index is 675. The third-order valence-electron chi connectivity index (χ3n) is 4.54. The molecule has 1 aliphatic heterocycles. The van der Waals surface area contributed by atoms with Crippen LogP contribution in [-0.2, 0) is 17.8 Å². The highest BCUT2D eigenvalue weighted by atomic mass is 32.1. The fourth-order valence-electron chi connectivity index (χ4n) is 3.24. The van der Waals surface area contributed by atoms with Gasteiger partial charge in [0.05, 0.1) is 0 Å². The van der Waals surface area contributed by atoms with Crippen LogP contribution in [-0.4, -0.2) is 21.5 Å². The molecule has 2 aliphatic rings. The Morgan fingerprint density at radius 1 is 1.48 bits per heavy atom. The number of nitrogens with zero attached hydrogens (tertiary/aromatic N) is 2. The van der Waals surface area contributed by atoms with Crippen LogP contribution in [0.1, 0.15) is 34.3 Å². The predicted molar refractivity (Wildman–Crippen MR) is 82.4 cm³/mol. The van der Waals surface area contributed by atoms with E-state index in [0.29, 0.717) is 5.92 Å². The molecule has 1 amide bonds. The topological polar surface area (TPSA) is 46.9 Å².